The van der Waals surface area contributed by atoms with E-state index in [1.165, 1.54) is 6.07 Å². The van der Waals surface area contributed by atoms with Gasteiger partial charge in [0.1, 0.15) is 18.2 Å². The molecule has 0 bridgehead atoms. The van der Waals surface area contributed by atoms with Crippen molar-refractivity contribution in [3.8, 4) is 5.75 Å². The minimum Gasteiger partial charge on any atom is -0.492 e. The average molecular weight is 443 g/mol. The van der Waals surface area contributed by atoms with Crippen LogP contribution in [0.5, 0.6) is 5.75 Å². The van der Waals surface area contributed by atoms with Crippen LogP contribution in [0.4, 0.5) is 13.2 Å². The molecular weight excluding hydrogens is 419 g/mol. The quantitative estimate of drug-likeness (QED) is 0.688. The molecule has 5 nitrogen and oxygen atoms in total. The first-order valence-electron chi connectivity index (χ1n) is 10.6. The molecule has 164 valence electrons. The fourth-order valence-corrected chi connectivity index (χ4v) is 6.18. The highest BCUT2D eigenvalue weighted by molar-refractivity contribution is 7.91. The van der Waals surface area contributed by atoms with E-state index in [-0.39, 0.29) is 23.8 Å². The van der Waals surface area contributed by atoms with Crippen LogP contribution < -0.4 is 9.46 Å². The first-order chi connectivity index (χ1) is 14.2. The Kier molecular flexibility index (Phi) is 4.44. The third-order valence-corrected chi connectivity index (χ3v) is 8.91. The second kappa shape index (κ2) is 6.61. The molecule has 0 heterocycles. The maximum absolute atomic E-state index is 14.7. The van der Waals surface area contributed by atoms with Crippen molar-refractivity contribution < 1.29 is 31.1 Å². The van der Waals surface area contributed by atoms with Gasteiger partial charge in [0.15, 0.2) is 0 Å². The molecule has 4 saturated carbocycles. The number of sulfonamides is 1. The number of hydrogen-bond acceptors (Lipinski definition) is 4. The molecule has 0 aliphatic heterocycles. The van der Waals surface area contributed by atoms with Crippen LogP contribution in [0.3, 0.4) is 0 Å². The standard InChI is InChI=1S/C21H24F3NO4S/c22-16-10-17(29-11-20-8-2-1-3-18(20)21(20,23)24)14(12-4-5-12)9-15(16)19(26)25-30(27,28)13-6-7-13/h9-10,12-13,18H,1-8,11H2,(H,25,26)/t18-,20-/m0/s1. The van der Waals surface area contributed by atoms with Crippen molar-refractivity contribution in [3.05, 3.63) is 29.1 Å². The lowest BCUT2D eigenvalue weighted by molar-refractivity contribution is 0.0368. The monoisotopic (exact) mass is 443 g/mol. The van der Waals surface area contributed by atoms with Crippen LogP contribution in [0.25, 0.3) is 0 Å². The summed E-state index contributed by atoms with van der Waals surface area (Å²) in [5, 5.41) is -0.599. The van der Waals surface area contributed by atoms with Gasteiger partial charge in [0, 0.05) is 12.0 Å². The van der Waals surface area contributed by atoms with Gasteiger partial charge in [0.25, 0.3) is 11.8 Å². The summed E-state index contributed by atoms with van der Waals surface area (Å²) in [6.07, 6.45) is 5.02. The molecule has 1 aromatic rings. The van der Waals surface area contributed by atoms with Crippen molar-refractivity contribution in [3.63, 3.8) is 0 Å². The number of halogens is 3. The number of hydrogen-bond donors (Lipinski definition) is 1. The van der Waals surface area contributed by atoms with Crippen LogP contribution >= 0.6 is 0 Å². The van der Waals surface area contributed by atoms with Crippen LogP contribution in [-0.4, -0.2) is 32.1 Å². The zero-order valence-electron chi connectivity index (χ0n) is 16.4. The SMILES string of the molecule is O=C(NS(=O)(=O)C1CC1)c1cc(C2CC2)c(OC[C@@]23CCCC[C@@H]2C3(F)F)cc1F. The second-order valence-corrected chi connectivity index (χ2v) is 11.1. The summed E-state index contributed by atoms with van der Waals surface area (Å²) in [5.41, 5.74) is -0.950. The van der Waals surface area contributed by atoms with Crippen molar-refractivity contribution in [1.82, 2.24) is 4.72 Å². The summed E-state index contributed by atoms with van der Waals surface area (Å²) in [6, 6.07) is 2.36. The number of carbonyl (C=O) groups is 1. The molecule has 0 unspecified atom stereocenters. The molecule has 1 N–H and O–H groups in total. The predicted molar refractivity (Wildman–Crippen MR) is 103 cm³/mol. The minimum absolute atomic E-state index is 0.0616. The van der Waals surface area contributed by atoms with Crippen LogP contribution in [-0.2, 0) is 10.0 Å². The molecule has 5 rings (SSSR count). The normalized spacial score (nSPS) is 29.8. The van der Waals surface area contributed by atoms with E-state index in [0.29, 0.717) is 31.2 Å². The smallest absolute Gasteiger partial charge is 0.267 e. The maximum atomic E-state index is 14.7. The lowest BCUT2D eigenvalue weighted by Gasteiger charge is -2.22. The van der Waals surface area contributed by atoms with Gasteiger partial charge in [-0.3, -0.25) is 4.79 Å². The molecule has 9 heteroatoms. The number of benzene rings is 1. The first-order valence-corrected chi connectivity index (χ1v) is 12.1. The lowest BCUT2D eigenvalue weighted by atomic mass is 9.89. The van der Waals surface area contributed by atoms with E-state index in [9.17, 15) is 26.4 Å². The Morgan fingerprint density at radius 2 is 1.87 bits per heavy atom. The topological polar surface area (TPSA) is 72.5 Å². The lowest BCUT2D eigenvalue weighted by Crippen LogP contribution is -2.33. The number of carbonyl (C=O) groups excluding carboxylic acids is 1. The van der Waals surface area contributed by atoms with Crippen LogP contribution in [0, 0.1) is 17.2 Å². The number of nitrogens with one attached hydrogen (secondary N) is 1. The van der Waals surface area contributed by atoms with Crippen LogP contribution in [0.2, 0.25) is 0 Å². The van der Waals surface area contributed by atoms with Gasteiger partial charge >= 0.3 is 0 Å². The van der Waals surface area contributed by atoms with E-state index in [4.69, 9.17) is 4.74 Å². The highest BCUT2D eigenvalue weighted by atomic mass is 32.2. The number of rotatable bonds is 7. The van der Waals surface area contributed by atoms with E-state index < -0.39 is 44.3 Å². The van der Waals surface area contributed by atoms with Crippen molar-refractivity contribution in [2.24, 2.45) is 11.3 Å². The summed E-state index contributed by atoms with van der Waals surface area (Å²) in [6.45, 7) is -0.175. The van der Waals surface area contributed by atoms with E-state index in [1.54, 1.807) is 0 Å². The van der Waals surface area contributed by atoms with Gasteiger partial charge in [-0.25, -0.2) is 26.3 Å². The maximum Gasteiger partial charge on any atom is 0.267 e. The Morgan fingerprint density at radius 3 is 2.50 bits per heavy atom. The van der Waals surface area contributed by atoms with Crippen LogP contribution in [0.1, 0.15) is 73.2 Å². The number of ether oxygens (including phenoxy) is 1. The molecule has 2 atom stereocenters. The molecule has 1 amide bonds. The fraction of sp³-hybridized carbons (Fsp3) is 0.667. The Labute approximate surface area is 173 Å². The van der Waals surface area contributed by atoms with Gasteiger partial charge in [0.05, 0.1) is 16.2 Å². The number of amides is 1. The zero-order chi connectivity index (χ0) is 21.3. The Morgan fingerprint density at radius 1 is 1.13 bits per heavy atom. The summed E-state index contributed by atoms with van der Waals surface area (Å²) < 4.78 is 75.1. The van der Waals surface area contributed by atoms with E-state index in [0.717, 1.165) is 31.7 Å². The van der Waals surface area contributed by atoms with Crippen molar-refractivity contribution >= 4 is 15.9 Å². The van der Waals surface area contributed by atoms with Gasteiger partial charge in [-0.2, -0.15) is 0 Å². The van der Waals surface area contributed by atoms with E-state index in [2.05, 4.69) is 0 Å². The van der Waals surface area contributed by atoms with Gasteiger partial charge < -0.3 is 4.74 Å². The summed E-state index contributed by atoms with van der Waals surface area (Å²) in [7, 11) is -3.80. The van der Waals surface area contributed by atoms with E-state index in [1.807, 2.05) is 4.72 Å². The van der Waals surface area contributed by atoms with Crippen LogP contribution in [0.15, 0.2) is 12.1 Å². The minimum atomic E-state index is -3.80. The van der Waals surface area contributed by atoms with E-state index >= 15 is 0 Å². The van der Waals surface area contributed by atoms with Gasteiger partial charge in [0.2, 0.25) is 10.0 Å². The highest BCUT2D eigenvalue weighted by Crippen LogP contribution is 2.72. The summed E-state index contributed by atoms with van der Waals surface area (Å²) in [5.74, 6) is -5.11. The Bertz CT molecular complexity index is 1000. The third kappa shape index (κ3) is 3.20. The molecule has 4 aliphatic carbocycles. The summed E-state index contributed by atoms with van der Waals surface area (Å²) in [4.78, 5) is 12.4. The molecule has 4 aliphatic rings. The number of alkyl halides is 2. The zero-order valence-corrected chi connectivity index (χ0v) is 17.2. The first kappa shape index (κ1) is 20.2. The second-order valence-electron chi connectivity index (χ2n) is 9.19. The van der Waals surface area contributed by atoms with Crippen molar-refractivity contribution in [1.29, 1.82) is 0 Å². The molecule has 0 radical (unpaired) electrons. The van der Waals surface area contributed by atoms with Gasteiger partial charge in [-0.1, -0.05) is 12.8 Å². The predicted octanol–water partition coefficient (Wildman–Crippen LogP) is 4.13. The number of fused-ring (bicyclic) bond motifs is 1. The molecular formula is C21H24F3NO4S. The Hall–Kier alpha value is -1.77. The highest BCUT2D eigenvalue weighted by Gasteiger charge is 2.80. The molecule has 0 spiro atoms. The van der Waals surface area contributed by atoms with Crippen molar-refractivity contribution in [2.45, 2.75) is 68.5 Å². The third-order valence-electron chi connectivity index (χ3n) is 7.10. The Balaban J connectivity index is 1.37. The molecule has 30 heavy (non-hydrogen) atoms. The fourth-order valence-electron chi connectivity index (χ4n) is 4.88. The molecule has 4 fully saturated rings. The van der Waals surface area contributed by atoms with Crippen molar-refractivity contribution in [2.75, 3.05) is 6.61 Å². The molecule has 0 aromatic heterocycles. The molecule has 0 saturated heterocycles. The van der Waals surface area contributed by atoms with Gasteiger partial charge in [-0.15, -0.1) is 0 Å². The largest absolute Gasteiger partial charge is 0.492 e. The average Bonchev–Trinajstić information content (AvgIpc) is 3.56. The summed E-state index contributed by atoms with van der Waals surface area (Å²) >= 11 is 0. The van der Waals surface area contributed by atoms with Gasteiger partial charge in [-0.05, 0) is 56.1 Å². The molecule has 1 aromatic carbocycles.